The van der Waals surface area contributed by atoms with Crippen LogP contribution in [0.15, 0.2) is 48.8 Å². The molecule has 8 nitrogen and oxygen atoms in total. The van der Waals surface area contributed by atoms with E-state index < -0.39 is 5.82 Å². The van der Waals surface area contributed by atoms with Gasteiger partial charge in [-0.05, 0) is 55.7 Å². The van der Waals surface area contributed by atoms with Gasteiger partial charge >= 0.3 is 0 Å². The van der Waals surface area contributed by atoms with Crippen molar-refractivity contribution in [3.05, 3.63) is 54.6 Å². The highest BCUT2D eigenvalue weighted by atomic mass is 19.1. The van der Waals surface area contributed by atoms with Crippen LogP contribution in [0.25, 0.3) is 22.3 Å². The molecule has 2 aromatic carbocycles. The molecule has 0 unspecified atom stereocenters. The van der Waals surface area contributed by atoms with Gasteiger partial charge < -0.3 is 20.3 Å². The van der Waals surface area contributed by atoms with Crippen LogP contribution in [0.2, 0.25) is 0 Å². The SMILES string of the molecule is COc1cccc(Oc2ccc(-c3nn([C@@H]4CC[C@H](O)C4)c4ncnc(N)c34)cc2)c1F. The lowest BCUT2D eigenvalue weighted by Crippen LogP contribution is -2.09. The third-order valence-corrected chi connectivity index (χ3v) is 5.74. The van der Waals surface area contributed by atoms with E-state index >= 15 is 0 Å². The molecule has 32 heavy (non-hydrogen) atoms. The lowest BCUT2D eigenvalue weighted by Gasteiger charge is -2.10. The summed E-state index contributed by atoms with van der Waals surface area (Å²) in [4.78, 5) is 8.54. The van der Waals surface area contributed by atoms with Crippen LogP contribution >= 0.6 is 0 Å². The summed E-state index contributed by atoms with van der Waals surface area (Å²) in [7, 11) is 1.40. The summed E-state index contributed by atoms with van der Waals surface area (Å²) in [5.74, 6) is 0.432. The van der Waals surface area contributed by atoms with E-state index in [-0.39, 0.29) is 23.6 Å². The number of halogens is 1. The first-order chi connectivity index (χ1) is 15.5. The van der Waals surface area contributed by atoms with Gasteiger partial charge in [-0.3, -0.25) is 0 Å². The number of methoxy groups -OCH3 is 1. The minimum Gasteiger partial charge on any atom is -0.494 e. The Morgan fingerprint density at radius 2 is 1.88 bits per heavy atom. The number of rotatable bonds is 5. The van der Waals surface area contributed by atoms with Crippen LogP contribution < -0.4 is 15.2 Å². The molecular weight excluding hydrogens is 413 g/mol. The Kier molecular flexibility index (Phi) is 5.10. The normalized spacial score (nSPS) is 18.2. The van der Waals surface area contributed by atoms with E-state index in [9.17, 15) is 9.50 Å². The summed E-state index contributed by atoms with van der Waals surface area (Å²) in [5.41, 5.74) is 8.27. The zero-order valence-electron chi connectivity index (χ0n) is 17.4. The smallest absolute Gasteiger partial charge is 0.207 e. The molecule has 0 radical (unpaired) electrons. The Hall–Kier alpha value is -3.72. The van der Waals surface area contributed by atoms with Crippen molar-refractivity contribution in [2.24, 2.45) is 0 Å². The molecule has 1 saturated carbocycles. The van der Waals surface area contributed by atoms with E-state index in [1.807, 2.05) is 16.8 Å². The number of fused-ring (bicyclic) bond motifs is 1. The molecule has 0 amide bonds. The van der Waals surface area contributed by atoms with Gasteiger partial charge in [0.2, 0.25) is 5.82 Å². The van der Waals surface area contributed by atoms with Crippen molar-refractivity contribution in [2.75, 3.05) is 12.8 Å². The first-order valence-corrected chi connectivity index (χ1v) is 10.3. The van der Waals surface area contributed by atoms with Crippen molar-refractivity contribution >= 4 is 16.9 Å². The minimum absolute atomic E-state index is 0.0502. The number of aromatic nitrogens is 4. The zero-order chi connectivity index (χ0) is 22.2. The average Bonchev–Trinajstić information content (AvgIpc) is 3.40. The van der Waals surface area contributed by atoms with Gasteiger partial charge in [-0.15, -0.1) is 0 Å². The van der Waals surface area contributed by atoms with Crippen LogP contribution in [0.5, 0.6) is 17.2 Å². The van der Waals surface area contributed by atoms with E-state index in [4.69, 9.17) is 20.3 Å². The molecule has 0 saturated heterocycles. The first-order valence-electron chi connectivity index (χ1n) is 10.3. The van der Waals surface area contributed by atoms with Gasteiger partial charge in [-0.25, -0.2) is 14.6 Å². The van der Waals surface area contributed by atoms with Gasteiger partial charge in [0.05, 0.1) is 24.6 Å². The fourth-order valence-corrected chi connectivity index (χ4v) is 4.14. The number of anilines is 1. The topological polar surface area (TPSA) is 108 Å². The predicted octanol–water partition coefficient (Wildman–Crippen LogP) is 4.10. The molecule has 1 aliphatic rings. The van der Waals surface area contributed by atoms with E-state index in [1.165, 1.54) is 25.6 Å². The fourth-order valence-electron chi connectivity index (χ4n) is 4.14. The van der Waals surface area contributed by atoms with Crippen molar-refractivity contribution in [3.8, 4) is 28.5 Å². The molecule has 9 heteroatoms. The number of nitrogens with two attached hydrogens (primary N) is 1. The number of aliphatic hydroxyl groups is 1. The summed E-state index contributed by atoms with van der Waals surface area (Å²) in [6, 6.07) is 11.9. The highest BCUT2D eigenvalue weighted by molar-refractivity contribution is 5.98. The van der Waals surface area contributed by atoms with Crippen LogP contribution in [0.4, 0.5) is 10.2 Å². The quantitative estimate of drug-likeness (QED) is 0.486. The predicted molar refractivity (Wildman–Crippen MR) is 117 cm³/mol. The average molecular weight is 435 g/mol. The molecule has 1 fully saturated rings. The molecule has 0 bridgehead atoms. The second-order valence-electron chi connectivity index (χ2n) is 7.77. The largest absolute Gasteiger partial charge is 0.494 e. The van der Waals surface area contributed by atoms with Crippen LogP contribution in [-0.4, -0.2) is 38.1 Å². The molecule has 0 spiro atoms. The summed E-state index contributed by atoms with van der Waals surface area (Å²) in [5, 5.41) is 15.4. The summed E-state index contributed by atoms with van der Waals surface area (Å²) < 4.78 is 26.9. The Morgan fingerprint density at radius 3 is 2.59 bits per heavy atom. The van der Waals surface area contributed by atoms with Crippen molar-refractivity contribution < 1.29 is 19.0 Å². The van der Waals surface area contributed by atoms with E-state index in [0.717, 1.165) is 18.4 Å². The monoisotopic (exact) mass is 435 g/mol. The van der Waals surface area contributed by atoms with Gasteiger partial charge in [0, 0.05) is 5.56 Å². The third kappa shape index (κ3) is 3.50. The lowest BCUT2D eigenvalue weighted by atomic mass is 10.1. The van der Waals surface area contributed by atoms with Crippen LogP contribution in [0.1, 0.15) is 25.3 Å². The first kappa shape index (κ1) is 20.2. The fraction of sp³-hybridized carbons (Fsp3) is 0.261. The summed E-state index contributed by atoms with van der Waals surface area (Å²) in [6.45, 7) is 0. The lowest BCUT2D eigenvalue weighted by molar-refractivity contribution is 0.177. The highest BCUT2D eigenvalue weighted by Crippen LogP contribution is 2.37. The number of aliphatic hydroxyl groups excluding tert-OH is 1. The molecule has 164 valence electrons. The Labute approximate surface area is 183 Å². The molecule has 0 aliphatic heterocycles. The standard InChI is InChI=1S/C23H22FN5O3/c1-31-17-3-2-4-18(20(17)24)32-16-9-5-13(6-10-16)21-19-22(25)26-12-27-23(19)29(28-21)14-7-8-15(30)11-14/h2-6,9-10,12,14-15,30H,7-8,11H2,1H3,(H2,25,26,27)/t14-,15+/m1/s1. The molecule has 2 heterocycles. The summed E-state index contributed by atoms with van der Waals surface area (Å²) >= 11 is 0. The van der Waals surface area contributed by atoms with Crippen molar-refractivity contribution in [3.63, 3.8) is 0 Å². The van der Waals surface area contributed by atoms with Crippen LogP contribution in [0, 0.1) is 5.82 Å². The molecule has 5 rings (SSSR count). The van der Waals surface area contributed by atoms with Crippen molar-refractivity contribution in [2.45, 2.75) is 31.4 Å². The number of benzene rings is 2. The van der Waals surface area contributed by atoms with Gasteiger partial charge in [0.1, 0.15) is 23.6 Å². The molecule has 1 aliphatic carbocycles. The molecule has 4 aromatic rings. The molecule has 3 N–H and O–H groups in total. The van der Waals surface area contributed by atoms with Gasteiger partial charge in [-0.1, -0.05) is 6.07 Å². The number of hydrogen-bond donors (Lipinski definition) is 2. The van der Waals surface area contributed by atoms with Gasteiger partial charge in [0.15, 0.2) is 17.1 Å². The Balaban J connectivity index is 1.50. The van der Waals surface area contributed by atoms with Crippen molar-refractivity contribution in [1.29, 1.82) is 0 Å². The third-order valence-electron chi connectivity index (χ3n) is 5.74. The second-order valence-corrected chi connectivity index (χ2v) is 7.77. The summed E-state index contributed by atoms with van der Waals surface area (Å²) in [6.07, 6.45) is 3.26. The molecule has 2 atom stereocenters. The maximum atomic E-state index is 14.4. The number of nitrogens with zero attached hydrogens (tertiary/aromatic N) is 4. The number of ether oxygens (including phenoxy) is 2. The zero-order valence-corrected chi connectivity index (χ0v) is 17.4. The van der Waals surface area contributed by atoms with Crippen molar-refractivity contribution in [1.82, 2.24) is 19.7 Å². The maximum absolute atomic E-state index is 14.4. The van der Waals surface area contributed by atoms with E-state index in [2.05, 4.69) is 9.97 Å². The van der Waals surface area contributed by atoms with Gasteiger partial charge in [0.25, 0.3) is 0 Å². The maximum Gasteiger partial charge on any atom is 0.207 e. The van der Waals surface area contributed by atoms with E-state index in [1.54, 1.807) is 18.2 Å². The Morgan fingerprint density at radius 1 is 1.09 bits per heavy atom. The molecular formula is C23H22FN5O3. The van der Waals surface area contributed by atoms with E-state index in [0.29, 0.717) is 34.7 Å². The van der Waals surface area contributed by atoms with Crippen LogP contribution in [-0.2, 0) is 0 Å². The van der Waals surface area contributed by atoms with Gasteiger partial charge in [-0.2, -0.15) is 9.49 Å². The highest BCUT2D eigenvalue weighted by Gasteiger charge is 2.28. The number of nitrogen functional groups attached to an aromatic ring is 1. The number of hydrogen-bond acceptors (Lipinski definition) is 7. The minimum atomic E-state index is -0.563. The van der Waals surface area contributed by atoms with Crippen LogP contribution in [0.3, 0.4) is 0 Å². The molecule has 2 aromatic heterocycles. The Bertz CT molecular complexity index is 1270. The second kappa shape index (κ2) is 8.08.